The van der Waals surface area contributed by atoms with Gasteiger partial charge in [-0.1, -0.05) is 0 Å². The molecular formula is C10H12N6O3. The van der Waals surface area contributed by atoms with Gasteiger partial charge >= 0.3 is 5.69 Å². The third-order valence-corrected chi connectivity index (χ3v) is 2.46. The molecule has 0 saturated heterocycles. The quantitative estimate of drug-likeness (QED) is 0.621. The first-order chi connectivity index (χ1) is 8.97. The maximum Gasteiger partial charge on any atom is 0.329 e. The predicted octanol–water partition coefficient (Wildman–Crippen LogP) is 1.18. The fourth-order valence-electron chi connectivity index (χ4n) is 1.43. The number of aromatic nitrogens is 3. The van der Waals surface area contributed by atoms with Gasteiger partial charge < -0.3 is 15.5 Å². The Morgan fingerprint density at radius 1 is 1.47 bits per heavy atom. The van der Waals surface area contributed by atoms with E-state index in [0.717, 1.165) is 11.9 Å². The molecule has 0 atom stereocenters. The fourth-order valence-corrected chi connectivity index (χ4v) is 1.43. The Morgan fingerprint density at radius 3 is 2.79 bits per heavy atom. The van der Waals surface area contributed by atoms with Crippen LogP contribution >= 0.6 is 0 Å². The summed E-state index contributed by atoms with van der Waals surface area (Å²) in [7, 11) is 0. The lowest BCUT2D eigenvalue weighted by Crippen LogP contribution is -2.07. The maximum atomic E-state index is 10.8. The number of oxazole rings is 1. The van der Waals surface area contributed by atoms with Gasteiger partial charge in [-0.05, 0) is 13.8 Å². The van der Waals surface area contributed by atoms with Crippen molar-refractivity contribution in [2.45, 2.75) is 20.4 Å². The third kappa shape index (κ3) is 2.76. The van der Waals surface area contributed by atoms with Gasteiger partial charge in [-0.2, -0.15) is 4.98 Å². The average Bonchev–Trinajstić information content (AvgIpc) is 2.66. The van der Waals surface area contributed by atoms with Crippen LogP contribution in [0.15, 0.2) is 10.6 Å². The van der Waals surface area contributed by atoms with Crippen molar-refractivity contribution in [1.82, 2.24) is 15.0 Å². The molecule has 9 nitrogen and oxygen atoms in total. The second kappa shape index (κ2) is 4.88. The van der Waals surface area contributed by atoms with Crippen LogP contribution in [0.25, 0.3) is 0 Å². The molecule has 0 saturated carbocycles. The Bertz CT molecular complexity index is 604. The highest BCUT2D eigenvalue weighted by Crippen LogP contribution is 2.21. The summed E-state index contributed by atoms with van der Waals surface area (Å²) in [5, 5.41) is 13.6. The first kappa shape index (κ1) is 12.7. The van der Waals surface area contributed by atoms with E-state index in [-0.39, 0.29) is 24.0 Å². The number of hydrogen-bond donors (Lipinski definition) is 2. The Labute approximate surface area is 108 Å². The smallest absolute Gasteiger partial charge is 0.329 e. The van der Waals surface area contributed by atoms with E-state index in [4.69, 9.17) is 10.2 Å². The van der Waals surface area contributed by atoms with Crippen LogP contribution < -0.4 is 11.1 Å². The molecule has 0 bridgehead atoms. The molecule has 100 valence electrons. The summed E-state index contributed by atoms with van der Waals surface area (Å²) in [6.07, 6.45) is 1.05. The van der Waals surface area contributed by atoms with Gasteiger partial charge in [0, 0.05) is 0 Å². The number of nitrogens with two attached hydrogens (primary N) is 1. The van der Waals surface area contributed by atoms with Gasteiger partial charge in [-0.3, -0.25) is 10.1 Å². The number of nitrogens with one attached hydrogen (secondary N) is 1. The minimum atomic E-state index is -0.589. The molecule has 0 amide bonds. The molecule has 2 aromatic heterocycles. The molecule has 0 aromatic carbocycles. The van der Waals surface area contributed by atoms with Gasteiger partial charge in [-0.25, -0.2) is 9.97 Å². The van der Waals surface area contributed by atoms with Gasteiger partial charge in [0.25, 0.3) is 0 Å². The first-order valence-electron chi connectivity index (χ1n) is 5.41. The van der Waals surface area contributed by atoms with Crippen LogP contribution in [0.4, 0.5) is 17.5 Å². The molecule has 9 heteroatoms. The van der Waals surface area contributed by atoms with Crippen LogP contribution in [-0.2, 0) is 6.54 Å². The van der Waals surface area contributed by atoms with Crippen molar-refractivity contribution in [3.63, 3.8) is 0 Å². The molecular weight excluding hydrogens is 252 g/mol. The number of anilines is 2. The Hall–Kier alpha value is -2.71. The Balaban J connectivity index is 2.19. The summed E-state index contributed by atoms with van der Waals surface area (Å²) in [6.45, 7) is 3.77. The molecule has 0 radical (unpaired) electrons. The lowest BCUT2D eigenvalue weighted by atomic mass is 10.4. The number of rotatable bonds is 4. The van der Waals surface area contributed by atoms with Crippen LogP contribution in [-0.4, -0.2) is 19.9 Å². The summed E-state index contributed by atoms with van der Waals surface area (Å²) >= 11 is 0. The van der Waals surface area contributed by atoms with E-state index in [0.29, 0.717) is 11.7 Å². The average molecular weight is 264 g/mol. The minimum absolute atomic E-state index is 0.0333. The van der Waals surface area contributed by atoms with Crippen molar-refractivity contribution >= 4 is 17.5 Å². The van der Waals surface area contributed by atoms with Crippen LogP contribution in [0.1, 0.15) is 17.3 Å². The molecule has 0 spiro atoms. The lowest BCUT2D eigenvalue weighted by Gasteiger charge is -2.03. The molecule has 0 aliphatic heterocycles. The van der Waals surface area contributed by atoms with E-state index in [2.05, 4.69) is 20.3 Å². The van der Waals surface area contributed by atoms with Gasteiger partial charge in [0.15, 0.2) is 0 Å². The van der Waals surface area contributed by atoms with Crippen molar-refractivity contribution in [3.05, 3.63) is 33.7 Å². The van der Waals surface area contributed by atoms with E-state index in [9.17, 15) is 10.1 Å². The van der Waals surface area contributed by atoms with E-state index in [1.807, 2.05) is 6.92 Å². The normalized spacial score (nSPS) is 10.4. The van der Waals surface area contributed by atoms with Crippen molar-refractivity contribution in [1.29, 1.82) is 0 Å². The molecule has 0 unspecified atom stereocenters. The SMILES string of the molecule is Cc1nc(CNc2nc(N)ncc2[N+](=O)[O-])oc1C. The highest BCUT2D eigenvalue weighted by atomic mass is 16.6. The van der Waals surface area contributed by atoms with Gasteiger partial charge in [0.05, 0.1) is 17.2 Å². The van der Waals surface area contributed by atoms with Crippen molar-refractivity contribution in [2.24, 2.45) is 0 Å². The number of nitrogen functional groups attached to an aromatic ring is 1. The molecule has 2 rings (SSSR count). The topological polar surface area (TPSA) is 133 Å². The monoisotopic (exact) mass is 264 g/mol. The number of nitro groups is 1. The van der Waals surface area contributed by atoms with E-state index >= 15 is 0 Å². The minimum Gasteiger partial charge on any atom is -0.444 e. The molecule has 0 aliphatic rings. The van der Waals surface area contributed by atoms with E-state index in [1.165, 1.54) is 0 Å². The zero-order valence-electron chi connectivity index (χ0n) is 10.4. The zero-order valence-corrected chi connectivity index (χ0v) is 10.4. The molecule has 2 aromatic rings. The van der Waals surface area contributed by atoms with Gasteiger partial charge in [-0.15, -0.1) is 0 Å². The van der Waals surface area contributed by atoms with Crippen molar-refractivity contribution in [2.75, 3.05) is 11.1 Å². The van der Waals surface area contributed by atoms with Crippen LogP contribution in [0, 0.1) is 24.0 Å². The largest absolute Gasteiger partial charge is 0.444 e. The Morgan fingerprint density at radius 2 is 2.21 bits per heavy atom. The van der Waals surface area contributed by atoms with Crippen molar-refractivity contribution in [3.8, 4) is 0 Å². The molecule has 2 heterocycles. The summed E-state index contributed by atoms with van der Waals surface area (Å²) in [6, 6.07) is 0. The predicted molar refractivity (Wildman–Crippen MR) is 66.4 cm³/mol. The first-order valence-corrected chi connectivity index (χ1v) is 5.41. The highest BCUT2D eigenvalue weighted by Gasteiger charge is 2.17. The van der Waals surface area contributed by atoms with E-state index in [1.54, 1.807) is 6.92 Å². The van der Waals surface area contributed by atoms with Crippen LogP contribution in [0.3, 0.4) is 0 Å². The number of aryl methyl sites for hydroxylation is 2. The maximum absolute atomic E-state index is 10.8. The summed E-state index contributed by atoms with van der Waals surface area (Å²) in [4.78, 5) is 21.7. The van der Waals surface area contributed by atoms with Gasteiger partial charge in [0.2, 0.25) is 17.7 Å². The molecule has 0 fully saturated rings. The molecule has 19 heavy (non-hydrogen) atoms. The van der Waals surface area contributed by atoms with Crippen molar-refractivity contribution < 1.29 is 9.34 Å². The molecule has 0 aliphatic carbocycles. The van der Waals surface area contributed by atoms with Crippen LogP contribution in [0.2, 0.25) is 0 Å². The second-order valence-electron chi connectivity index (χ2n) is 3.82. The summed E-state index contributed by atoms with van der Waals surface area (Å²) in [5.74, 6) is 1.11. The zero-order chi connectivity index (χ0) is 14.0. The summed E-state index contributed by atoms with van der Waals surface area (Å²) in [5.41, 5.74) is 5.92. The fraction of sp³-hybridized carbons (Fsp3) is 0.300. The van der Waals surface area contributed by atoms with E-state index < -0.39 is 4.92 Å². The lowest BCUT2D eigenvalue weighted by molar-refractivity contribution is -0.384. The number of nitrogens with zero attached hydrogens (tertiary/aromatic N) is 4. The summed E-state index contributed by atoms with van der Waals surface area (Å²) < 4.78 is 5.35. The van der Waals surface area contributed by atoms with Gasteiger partial charge in [0.1, 0.15) is 12.0 Å². The molecule has 3 N–H and O–H groups in total. The number of hydrogen-bond acceptors (Lipinski definition) is 8. The standard InChI is InChI=1S/C10H12N6O3/c1-5-6(2)19-8(14-5)4-12-9-7(16(17)18)3-13-10(11)15-9/h3H,4H2,1-2H3,(H3,11,12,13,15). The Kier molecular flexibility index (Phi) is 3.27. The van der Waals surface area contributed by atoms with Crippen LogP contribution in [0.5, 0.6) is 0 Å². The second-order valence-corrected chi connectivity index (χ2v) is 3.82. The highest BCUT2D eigenvalue weighted by molar-refractivity contribution is 5.56. The third-order valence-electron chi connectivity index (χ3n) is 2.46.